The molecular formula is C11H11F3N4OS. The van der Waals surface area contributed by atoms with Crippen molar-refractivity contribution in [2.24, 2.45) is 0 Å². The molecule has 0 aliphatic carbocycles. The Hall–Kier alpha value is -1.90. The first kappa shape index (κ1) is 14.5. The van der Waals surface area contributed by atoms with Crippen LogP contribution in [0.4, 0.5) is 18.2 Å². The van der Waals surface area contributed by atoms with Gasteiger partial charge in [-0.2, -0.15) is 13.2 Å². The summed E-state index contributed by atoms with van der Waals surface area (Å²) in [5.41, 5.74) is -0.947. The summed E-state index contributed by atoms with van der Waals surface area (Å²) in [6.45, 7) is 2.45. The van der Waals surface area contributed by atoms with Crippen LogP contribution in [0, 0.1) is 0 Å². The maximum Gasteiger partial charge on any atom is 0.417 e. The van der Waals surface area contributed by atoms with Crippen molar-refractivity contribution in [3.63, 3.8) is 0 Å². The van der Waals surface area contributed by atoms with Crippen molar-refractivity contribution in [2.45, 2.75) is 19.6 Å². The second-order valence-corrected chi connectivity index (χ2v) is 4.71. The molecule has 2 heterocycles. The summed E-state index contributed by atoms with van der Waals surface area (Å²) in [5.74, 6) is 0. The van der Waals surface area contributed by atoms with Crippen molar-refractivity contribution in [3.05, 3.63) is 39.9 Å². The fourth-order valence-electron chi connectivity index (χ4n) is 1.59. The summed E-state index contributed by atoms with van der Waals surface area (Å²) >= 11 is 1.10. The minimum absolute atomic E-state index is 0.0540. The van der Waals surface area contributed by atoms with Gasteiger partial charge in [-0.1, -0.05) is 4.49 Å². The van der Waals surface area contributed by atoms with Gasteiger partial charge < -0.3 is 9.88 Å². The van der Waals surface area contributed by atoms with Crippen molar-refractivity contribution in [1.82, 2.24) is 14.2 Å². The van der Waals surface area contributed by atoms with E-state index in [-0.39, 0.29) is 6.54 Å². The van der Waals surface area contributed by atoms with Gasteiger partial charge in [0, 0.05) is 30.3 Å². The fraction of sp³-hybridized carbons (Fsp3) is 0.364. The molecule has 9 heteroatoms. The average molecular weight is 304 g/mol. The highest BCUT2D eigenvalue weighted by Crippen LogP contribution is 2.28. The first-order chi connectivity index (χ1) is 9.41. The molecule has 0 saturated carbocycles. The number of hydrogen-bond acceptors (Lipinski definition) is 5. The van der Waals surface area contributed by atoms with Crippen LogP contribution in [0.25, 0.3) is 0 Å². The largest absolute Gasteiger partial charge is 0.417 e. The zero-order chi connectivity index (χ0) is 14.8. The van der Waals surface area contributed by atoms with Gasteiger partial charge in [-0.25, -0.2) is 0 Å². The molecule has 0 aliphatic rings. The van der Waals surface area contributed by atoms with Gasteiger partial charge in [0.1, 0.15) is 10.7 Å². The first-order valence-electron chi connectivity index (χ1n) is 5.74. The molecule has 0 unspecified atom stereocenters. The molecule has 2 aromatic heterocycles. The molecule has 1 N–H and O–H groups in total. The van der Waals surface area contributed by atoms with Crippen LogP contribution in [0.3, 0.4) is 0 Å². The van der Waals surface area contributed by atoms with Gasteiger partial charge in [0.25, 0.3) is 5.56 Å². The fourth-order valence-corrected chi connectivity index (χ4v) is 2.23. The van der Waals surface area contributed by atoms with Gasteiger partial charge in [-0.15, -0.1) is 5.10 Å². The third kappa shape index (κ3) is 3.16. The van der Waals surface area contributed by atoms with Gasteiger partial charge in [0.15, 0.2) is 0 Å². The highest BCUT2D eigenvalue weighted by molar-refractivity contribution is 7.10. The molecule has 108 valence electrons. The Balaban J connectivity index is 2.33. The van der Waals surface area contributed by atoms with Crippen LogP contribution in [0.2, 0.25) is 0 Å². The van der Waals surface area contributed by atoms with Crippen molar-refractivity contribution < 1.29 is 13.2 Å². The second-order valence-electron chi connectivity index (χ2n) is 3.96. The van der Waals surface area contributed by atoms with Crippen LogP contribution in [0.5, 0.6) is 0 Å². The maximum atomic E-state index is 12.6. The Morgan fingerprint density at radius 2 is 2.15 bits per heavy atom. The molecular weight excluding hydrogens is 293 g/mol. The summed E-state index contributed by atoms with van der Waals surface area (Å²) in [6, 6.07) is 1.67. The average Bonchev–Trinajstić information content (AvgIpc) is 2.79. The van der Waals surface area contributed by atoms with E-state index in [9.17, 15) is 18.0 Å². The highest BCUT2D eigenvalue weighted by atomic mass is 32.1. The number of halogens is 3. The third-order valence-electron chi connectivity index (χ3n) is 2.52. The van der Waals surface area contributed by atoms with Gasteiger partial charge >= 0.3 is 6.18 Å². The van der Waals surface area contributed by atoms with Crippen LogP contribution in [0.1, 0.15) is 18.2 Å². The molecule has 0 aromatic carbocycles. The van der Waals surface area contributed by atoms with Crippen molar-refractivity contribution in [2.75, 3.05) is 11.9 Å². The van der Waals surface area contributed by atoms with E-state index >= 15 is 0 Å². The number of pyridine rings is 1. The minimum Gasteiger partial charge on any atom is -0.374 e. The van der Waals surface area contributed by atoms with Crippen molar-refractivity contribution >= 4 is 16.5 Å². The maximum absolute atomic E-state index is 12.6. The van der Waals surface area contributed by atoms with Gasteiger partial charge in [-0.05, 0) is 13.0 Å². The number of nitrogens with zero attached hydrogens (tertiary/aromatic N) is 3. The molecule has 0 radical (unpaired) electrons. The Morgan fingerprint density at radius 1 is 1.40 bits per heavy atom. The highest BCUT2D eigenvalue weighted by Gasteiger charge is 2.31. The number of rotatable bonds is 4. The number of nitrogens with one attached hydrogen (secondary N) is 1. The minimum atomic E-state index is -4.49. The van der Waals surface area contributed by atoms with E-state index in [0.29, 0.717) is 17.2 Å². The van der Waals surface area contributed by atoms with Crippen LogP contribution in [-0.2, 0) is 12.7 Å². The van der Waals surface area contributed by atoms with E-state index in [1.807, 2.05) is 6.92 Å². The zero-order valence-corrected chi connectivity index (χ0v) is 11.3. The predicted molar refractivity (Wildman–Crippen MR) is 68.9 cm³/mol. The Kier molecular flexibility index (Phi) is 4.07. The molecule has 2 rings (SSSR count). The number of anilines is 1. The van der Waals surface area contributed by atoms with E-state index in [4.69, 9.17) is 0 Å². The lowest BCUT2D eigenvalue weighted by atomic mass is 10.2. The van der Waals surface area contributed by atoms with E-state index < -0.39 is 17.3 Å². The third-order valence-corrected chi connectivity index (χ3v) is 3.25. The summed E-state index contributed by atoms with van der Waals surface area (Å²) in [6.07, 6.45) is -3.70. The van der Waals surface area contributed by atoms with Gasteiger partial charge in [0.05, 0.1) is 12.1 Å². The zero-order valence-electron chi connectivity index (χ0n) is 10.4. The normalized spacial score (nSPS) is 11.6. The van der Waals surface area contributed by atoms with Gasteiger partial charge in [-0.3, -0.25) is 4.79 Å². The van der Waals surface area contributed by atoms with Gasteiger partial charge in [0.2, 0.25) is 0 Å². The monoisotopic (exact) mass is 304 g/mol. The SMILES string of the molecule is CCNc1snnc1Cn1cc(C(F)(F)F)ccc1=O. The van der Waals surface area contributed by atoms with E-state index in [2.05, 4.69) is 14.9 Å². The van der Waals surface area contributed by atoms with Crippen molar-refractivity contribution in [1.29, 1.82) is 0 Å². The summed E-state index contributed by atoms with van der Waals surface area (Å²) in [5, 5.41) is 7.47. The number of alkyl halides is 3. The molecule has 5 nitrogen and oxygen atoms in total. The smallest absolute Gasteiger partial charge is 0.374 e. The number of hydrogen-bond donors (Lipinski definition) is 1. The molecule has 0 fully saturated rings. The van der Waals surface area contributed by atoms with Crippen LogP contribution < -0.4 is 10.9 Å². The predicted octanol–water partition coefficient (Wildman–Crippen LogP) is 2.20. The summed E-state index contributed by atoms with van der Waals surface area (Å²) in [4.78, 5) is 11.6. The number of aromatic nitrogens is 3. The molecule has 2 aromatic rings. The lowest BCUT2D eigenvalue weighted by Crippen LogP contribution is -2.22. The topological polar surface area (TPSA) is 59.8 Å². The molecule has 20 heavy (non-hydrogen) atoms. The Bertz CT molecular complexity index is 650. The summed E-state index contributed by atoms with van der Waals surface area (Å²) < 4.78 is 42.6. The summed E-state index contributed by atoms with van der Waals surface area (Å²) in [7, 11) is 0. The first-order valence-corrected chi connectivity index (χ1v) is 6.52. The van der Waals surface area contributed by atoms with Crippen molar-refractivity contribution in [3.8, 4) is 0 Å². The molecule has 0 bridgehead atoms. The molecule has 0 aliphatic heterocycles. The molecule has 0 atom stereocenters. The second kappa shape index (κ2) is 5.61. The Labute approximate surface area is 116 Å². The van der Waals surface area contributed by atoms with Crippen LogP contribution in [-0.4, -0.2) is 20.7 Å². The standard InChI is InChI=1S/C11H11F3N4OS/c1-2-15-10-8(16-17-20-10)6-18-5-7(11(12,13)14)3-4-9(18)19/h3-5,15H,2,6H2,1H3. The van der Waals surface area contributed by atoms with E-state index in [0.717, 1.165) is 34.4 Å². The van der Waals surface area contributed by atoms with E-state index in [1.54, 1.807) is 0 Å². The molecule has 0 saturated heterocycles. The molecule has 0 spiro atoms. The lowest BCUT2D eigenvalue weighted by Gasteiger charge is -2.10. The van der Waals surface area contributed by atoms with Crippen LogP contribution in [0.15, 0.2) is 23.1 Å². The quantitative estimate of drug-likeness (QED) is 0.940. The molecule has 0 amide bonds. The Morgan fingerprint density at radius 3 is 2.80 bits per heavy atom. The van der Waals surface area contributed by atoms with E-state index in [1.165, 1.54) is 0 Å². The van der Waals surface area contributed by atoms with Crippen LogP contribution >= 0.6 is 11.5 Å². The lowest BCUT2D eigenvalue weighted by molar-refractivity contribution is -0.138.